The number of phenolic OH excluding ortho intramolecular Hbond substituents is 2. The number of phenols is 2. The largest absolute Gasteiger partial charge is 0.508 e. The molecule has 2 heteroatoms. The van der Waals surface area contributed by atoms with Crippen LogP contribution in [-0.2, 0) is 12.8 Å². The smallest absolute Gasteiger partial charge is 0.125 e. The van der Waals surface area contributed by atoms with Crippen LogP contribution < -0.4 is 0 Å². The Morgan fingerprint density at radius 3 is 2.38 bits per heavy atom. The van der Waals surface area contributed by atoms with Gasteiger partial charge in [-0.05, 0) is 30.9 Å². The Labute approximate surface area is 97.9 Å². The van der Waals surface area contributed by atoms with Crippen molar-refractivity contribution in [2.45, 2.75) is 52.4 Å². The van der Waals surface area contributed by atoms with E-state index in [0.29, 0.717) is 5.75 Å². The van der Waals surface area contributed by atoms with Crippen LogP contribution in [0.15, 0.2) is 12.1 Å². The van der Waals surface area contributed by atoms with E-state index in [4.69, 9.17) is 0 Å². The predicted octanol–water partition coefficient (Wildman–Crippen LogP) is 3.78. The van der Waals surface area contributed by atoms with Crippen molar-refractivity contribution in [2.24, 2.45) is 0 Å². The number of aryl methyl sites for hydroxylation is 1. The van der Waals surface area contributed by atoms with Gasteiger partial charge in [-0.2, -0.15) is 0 Å². The Hall–Kier alpha value is -1.18. The molecule has 0 amide bonds. The van der Waals surface area contributed by atoms with Crippen molar-refractivity contribution in [3.05, 3.63) is 23.3 Å². The fraction of sp³-hybridized carbons (Fsp3) is 0.571. The molecule has 2 nitrogen and oxygen atoms in total. The van der Waals surface area contributed by atoms with E-state index in [9.17, 15) is 10.2 Å². The summed E-state index contributed by atoms with van der Waals surface area (Å²) in [6.45, 7) is 4.18. The monoisotopic (exact) mass is 222 g/mol. The summed E-state index contributed by atoms with van der Waals surface area (Å²) >= 11 is 0. The summed E-state index contributed by atoms with van der Waals surface area (Å²) < 4.78 is 0. The van der Waals surface area contributed by atoms with E-state index in [1.165, 1.54) is 12.8 Å². The number of unbranched alkanes of at least 4 members (excludes halogenated alkanes) is 3. The molecule has 2 N–H and O–H groups in total. The second-order valence-corrected chi connectivity index (χ2v) is 4.24. The molecule has 0 spiro atoms. The summed E-state index contributed by atoms with van der Waals surface area (Å²) in [6, 6.07) is 3.48. The van der Waals surface area contributed by atoms with E-state index >= 15 is 0 Å². The molecule has 1 rings (SSSR count). The molecule has 16 heavy (non-hydrogen) atoms. The van der Waals surface area contributed by atoms with Gasteiger partial charge in [-0.3, -0.25) is 0 Å². The van der Waals surface area contributed by atoms with Gasteiger partial charge in [0.2, 0.25) is 0 Å². The fourth-order valence-electron chi connectivity index (χ4n) is 1.93. The average Bonchev–Trinajstić information content (AvgIpc) is 2.28. The summed E-state index contributed by atoms with van der Waals surface area (Å²) in [4.78, 5) is 0. The molecule has 0 radical (unpaired) electrons. The SMILES string of the molecule is CCCCCCc1c(O)ccc(CC)c1O. The number of aromatic hydroxyl groups is 2. The van der Waals surface area contributed by atoms with Crippen molar-refractivity contribution >= 4 is 0 Å². The van der Waals surface area contributed by atoms with Crippen LogP contribution in [0.1, 0.15) is 50.7 Å². The molecular formula is C14H22O2. The van der Waals surface area contributed by atoms with Gasteiger partial charge >= 0.3 is 0 Å². The van der Waals surface area contributed by atoms with Crippen molar-refractivity contribution < 1.29 is 10.2 Å². The minimum absolute atomic E-state index is 0.228. The molecular weight excluding hydrogens is 200 g/mol. The summed E-state index contributed by atoms with van der Waals surface area (Å²) in [5.41, 5.74) is 1.64. The summed E-state index contributed by atoms with van der Waals surface area (Å²) in [7, 11) is 0. The third-order valence-corrected chi connectivity index (χ3v) is 3.00. The molecule has 1 aromatic carbocycles. The maximum Gasteiger partial charge on any atom is 0.125 e. The van der Waals surface area contributed by atoms with Crippen molar-refractivity contribution in [1.82, 2.24) is 0 Å². The fourth-order valence-corrected chi connectivity index (χ4v) is 1.93. The third-order valence-electron chi connectivity index (χ3n) is 3.00. The van der Waals surface area contributed by atoms with Gasteiger partial charge in [0.05, 0.1) is 0 Å². The first kappa shape index (κ1) is 12.9. The molecule has 0 bridgehead atoms. The number of hydrogen-bond acceptors (Lipinski definition) is 2. The minimum Gasteiger partial charge on any atom is -0.508 e. The highest BCUT2D eigenvalue weighted by Crippen LogP contribution is 2.32. The van der Waals surface area contributed by atoms with E-state index in [-0.39, 0.29) is 5.75 Å². The lowest BCUT2D eigenvalue weighted by molar-refractivity contribution is 0.432. The molecule has 0 aromatic heterocycles. The second-order valence-electron chi connectivity index (χ2n) is 4.24. The first-order chi connectivity index (χ1) is 7.70. The molecule has 0 heterocycles. The van der Waals surface area contributed by atoms with Crippen LogP contribution in [0.3, 0.4) is 0 Å². The van der Waals surface area contributed by atoms with Crippen LogP contribution in [0.4, 0.5) is 0 Å². The molecule has 90 valence electrons. The van der Waals surface area contributed by atoms with Crippen LogP contribution in [-0.4, -0.2) is 10.2 Å². The zero-order valence-electron chi connectivity index (χ0n) is 10.3. The van der Waals surface area contributed by atoms with Crippen molar-refractivity contribution in [3.63, 3.8) is 0 Å². The Morgan fingerprint density at radius 1 is 1.00 bits per heavy atom. The quantitative estimate of drug-likeness (QED) is 0.719. The van der Waals surface area contributed by atoms with Gasteiger partial charge in [-0.15, -0.1) is 0 Å². The molecule has 0 aliphatic heterocycles. The maximum atomic E-state index is 9.97. The van der Waals surface area contributed by atoms with Gasteiger partial charge in [0.1, 0.15) is 11.5 Å². The molecule has 0 unspecified atom stereocenters. The number of hydrogen-bond donors (Lipinski definition) is 2. The first-order valence-electron chi connectivity index (χ1n) is 6.23. The zero-order valence-corrected chi connectivity index (χ0v) is 10.3. The maximum absolute atomic E-state index is 9.97. The Balaban J connectivity index is 2.70. The van der Waals surface area contributed by atoms with Gasteiger partial charge in [0, 0.05) is 5.56 Å². The van der Waals surface area contributed by atoms with Crippen molar-refractivity contribution in [1.29, 1.82) is 0 Å². The highest BCUT2D eigenvalue weighted by atomic mass is 16.3. The van der Waals surface area contributed by atoms with Crippen molar-refractivity contribution in [2.75, 3.05) is 0 Å². The third kappa shape index (κ3) is 3.16. The van der Waals surface area contributed by atoms with Gasteiger partial charge in [0.15, 0.2) is 0 Å². The van der Waals surface area contributed by atoms with Crippen LogP contribution in [0, 0.1) is 0 Å². The number of rotatable bonds is 6. The zero-order chi connectivity index (χ0) is 12.0. The number of benzene rings is 1. The average molecular weight is 222 g/mol. The summed E-state index contributed by atoms with van der Waals surface area (Å²) in [5.74, 6) is 0.519. The van der Waals surface area contributed by atoms with E-state index in [1.54, 1.807) is 12.1 Å². The predicted molar refractivity (Wildman–Crippen MR) is 67.0 cm³/mol. The molecule has 0 aliphatic carbocycles. The lowest BCUT2D eigenvalue weighted by atomic mass is 10.0. The van der Waals surface area contributed by atoms with Gasteiger partial charge < -0.3 is 10.2 Å². The molecule has 0 atom stereocenters. The molecule has 0 fully saturated rings. The van der Waals surface area contributed by atoms with E-state index in [2.05, 4.69) is 6.92 Å². The Kier molecular flexibility index (Phi) is 5.17. The summed E-state index contributed by atoms with van der Waals surface area (Å²) in [6.07, 6.45) is 6.18. The molecule has 1 aromatic rings. The molecule has 0 aliphatic rings. The lowest BCUT2D eigenvalue weighted by Crippen LogP contribution is -1.92. The van der Waals surface area contributed by atoms with E-state index < -0.39 is 0 Å². The van der Waals surface area contributed by atoms with Crippen LogP contribution in [0.5, 0.6) is 11.5 Å². The topological polar surface area (TPSA) is 40.5 Å². The summed E-state index contributed by atoms with van der Waals surface area (Å²) in [5, 5.41) is 19.7. The minimum atomic E-state index is 0.228. The Morgan fingerprint density at radius 2 is 1.75 bits per heavy atom. The van der Waals surface area contributed by atoms with Gasteiger partial charge in [-0.1, -0.05) is 39.2 Å². The standard InChI is InChI=1S/C14H22O2/c1-3-5-6-7-8-12-13(15)10-9-11(4-2)14(12)16/h9-10,15-16H,3-8H2,1-2H3. The van der Waals surface area contributed by atoms with Crippen molar-refractivity contribution in [3.8, 4) is 11.5 Å². The highest BCUT2D eigenvalue weighted by Gasteiger charge is 2.10. The van der Waals surface area contributed by atoms with E-state index in [0.717, 1.165) is 36.8 Å². The first-order valence-corrected chi connectivity index (χ1v) is 6.23. The molecule has 0 saturated carbocycles. The van der Waals surface area contributed by atoms with Gasteiger partial charge in [-0.25, -0.2) is 0 Å². The Bertz CT molecular complexity index is 332. The normalized spacial score (nSPS) is 10.6. The van der Waals surface area contributed by atoms with Crippen LogP contribution in [0.25, 0.3) is 0 Å². The highest BCUT2D eigenvalue weighted by molar-refractivity contribution is 5.48. The van der Waals surface area contributed by atoms with Gasteiger partial charge in [0.25, 0.3) is 0 Å². The van der Waals surface area contributed by atoms with Crippen LogP contribution >= 0.6 is 0 Å². The molecule has 0 saturated heterocycles. The van der Waals surface area contributed by atoms with Crippen LogP contribution in [0.2, 0.25) is 0 Å². The van der Waals surface area contributed by atoms with E-state index in [1.807, 2.05) is 6.92 Å². The lowest BCUT2D eigenvalue weighted by Gasteiger charge is -2.10. The second kappa shape index (κ2) is 6.41.